The van der Waals surface area contributed by atoms with Crippen molar-refractivity contribution in [1.82, 2.24) is 19.6 Å². The van der Waals surface area contributed by atoms with E-state index in [0.29, 0.717) is 5.41 Å². The monoisotopic (exact) mass is 352 g/mol. The van der Waals surface area contributed by atoms with Crippen LogP contribution in [0.1, 0.15) is 50.0 Å². The van der Waals surface area contributed by atoms with E-state index in [-0.39, 0.29) is 0 Å². The van der Waals surface area contributed by atoms with Gasteiger partial charge < -0.3 is 9.80 Å². The first kappa shape index (κ1) is 16.8. The number of aromatic nitrogens is 2. The highest BCUT2D eigenvalue weighted by Crippen LogP contribution is 2.51. The van der Waals surface area contributed by atoms with Crippen LogP contribution in [0.4, 0.5) is 0 Å². The minimum Gasteiger partial charge on any atom is -0.306 e. The zero-order valence-corrected chi connectivity index (χ0v) is 16.3. The van der Waals surface area contributed by atoms with E-state index in [1.807, 2.05) is 17.9 Å². The molecule has 0 atom stereocenters. The molecule has 1 aromatic heterocycles. The predicted molar refractivity (Wildman–Crippen MR) is 106 cm³/mol. The van der Waals surface area contributed by atoms with Gasteiger partial charge in [-0.25, -0.2) is 0 Å². The van der Waals surface area contributed by atoms with Gasteiger partial charge in [0.25, 0.3) is 0 Å². The molecule has 4 heteroatoms. The molecule has 1 spiro atoms. The first-order chi connectivity index (χ1) is 12.6. The topological polar surface area (TPSA) is 24.3 Å². The van der Waals surface area contributed by atoms with Crippen molar-refractivity contribution in [3.63, 3.8) is 0 Å². The molecule has 4 nitrogen and oxygen atoms in total. The largest absolute Gasteiger partial charge is 0.306 e. The summed E-state index contributed by atoms with van der Waals surface area (Å²) in [6.07, 6.45) is 10.4. The summed E-state index contributed by atoms with van der Waals surface area (Å²) in [6.45, 7) is 5.19. The second-order valence-electron chi connectivity index (χ2n) is 9.26. The van der Waals surface area contributed by atoms with Crippen molar-refractivity contribution >= 4 is 10.9 Å². The zero-order valence-electron chi connectivity index (χ0n) is 16.3. The maximum Gasteiger partial charge on any atom is 0.0681 e. The lowest BCUT2D eigenvalue weighted by atomic mass is 9.60. The number of piperidine rings is 2. The van der Waals surface area contributed by atoms with Gasteiger partial charge in [-0.1, -0.05) is 12.1 Å². The third kappa shape index (κ3) is 2.87. The molecular formula is C22H32N4. The number of hydrogen-bond donors (Lipinski definition) is 0. The number of likely N-dealkylation sites (tertiary alicyclic amines) is 2. The number of nitrogens with zero attached hydrogens (tertiary/aromatic N) is 4. The highest BCUT2D eigenvalue weighted by molar-refractivity contribution is 5.79. The summed E-state index contributed by atoms with van der Waals surface area (Å²) in [5, 5.41) is 5.64. The Morgan fingerprint density at radius 1 is 1.00 bits per heavy atom. The van der Waals surface area contributed by atoms with E-state index in [0.717, 1.165) is 12.0 Å². The molecule has 0 bridgehead atoms. The third-order valence-corrected chi connectivity index (χ3v) is 7.68. The number of hydrogen-bond acceptors (Lipinski definition) is 3. The van der Waals surface area contributed by atoms with Gasteiger partial charge in [0.15, 0.2) is 0 Å². The normalized spacial score (nSPS) is 25.8. The first-order valence-corrected chi connectivity index (χ1v) is 10.5. The Balaban J connectivity index is 1.18. The Morgan fingerprint density at radius 2 is 1.73 bits per heavy atom. The molecule has 0 N–H and O–H groups in total. The highest BCUT2D eigenvalue weighted by atomic mass is 15.2. The Morgan fingerprint density at radius 3 is 2.46 bits per heavy atom. The van der Waals surface area contributed by atoms with Crippen molar-refractivity contribution in [3.05, 3.63) is 30.0 Å². The Labute approximate surface area is 157 Å². The lowest BCUT2D eigenvalue weighted by Gasteiger charge is -2.56. The summed E-state index contributed by atoms with van der Waals surface area (Å²) in [5.74, 6) is 0.725. The molecule has 2 aromatic rings. The fraction of sp³-hybridized carbons (Fsp3) is 0.682. The molecule has 2 aliphatic heterocycles. The number of aryl methyl sites for hydroxylation is 1. The summed E-state index contributed by atoms with van der Waals surface area (Å²) in [5.41, 5.74) is 3.49. The van der Waals surface area contributed by atoms with Gasteiger partial charge in [0, 0.05) is 18.5 Å². The van der Waals surface area contributed by atoms with E-state index >= 15 is 0 Å². The average molecular weight is 353 g/mol. The molecule has 1 aliphatic carbocycles. The molecule has 3 heterocycles. The molecule has 0 amide bonds. The molecule has 3 fully saturated rings. The fourth-order valence-electron chi connectivity index (χ4n) is 5.71. The van der Waals surface area contributed by atoms with Gasteiger partial charge in [-0.3, -0.25) is 4.68 Å². The van der Waals surface area contributed by atoms with Crippen LogP contribution in [0.5, 0.6) is 0 Å². The van der Waals surface area contributed by atoms with Gasteiger partial charge in [-0.2, -0.15) is 5.10 Å². The Kier molecular flexibility index (Phi) is 4.09. The molecule has 0 radical (unpaired) electrons. The second-order valence-corrected chi connectivity index (χ2v) is 9.26. The number of fused-ring (bicyclic) bond motifs is 1. The van der Waals surface area contributed by atoms with Crippen LogP contribution in [0, 0.1) is 5.41 Å². The third-order valence-electron chi connectivity index (χ3n) is 7.68. The predicted octanol–water partition coefficient (Wildman–Crippen LogP) is 3.63. The summed E-state index contributed by atoms with van der Waals surface area (Å²) >= 11 is 0. The quantitative estimate of drug-likeness (QED) is 0.825. The summed E-state index contributed by atoms with van der Waals surface area (Å²) < 4.78 is 2.00. The average Bonchev–Trinajstić information content (AvgIpc) is 3.01. The maximum absolute atomic E-state index is 4.39. The standard InChI is InChI=1S/C22H32N4/c1-24-11-7-22(8-12-24)14-20(15-22)26-9-5-17(6-10-26)18-3-4-19-16-23-25(2)21(19)13-18/h3-4,13,16-17,20H,5-12,14-15H2,1-2H3. The van der Waals surface area contributed by atoms with Gasteiger partial charge >= 0.3 is 0 Å². The van der Waals surface area contributed by atoms with Crippen LogP contribution >= 0.6 is 0 Å². The molecule has 3 aliphatic rings. The second kappa shape index (κ2) is 6.35. The highest BCUT2D eigenvalue weighted by Gasteiger charge is 2.47. The Bertz CT molecular complexity index is 771. The SMILES string of the molecule is CN1CCC2(CC1)CC(N1CCC(c3ccc4cnn(C)c4c3)CC1)C2. The lowest BCUT2D eigenvalue weighted by Crippen LogP contribution is -2.55. The smallest absolute Gasteiger partial charge is 0.0681 e. The van der Waals surface area contributed by atoms with Crippen molar-refractivity contribution in [1.29, 1.82) is 0 Å². The molecule has 1 aromatic carbocycles. The van der Waals surface area contributed by atoms with Crippen LogP contribution in [-0.4, -0.2) is 58.8 Å². The fourth-order valence-corrected chi connectivity index (χ4v) is 5.71. The van der Waals surface area contributed by atoms with Crippen LogP contribution < -0.4 is 0 Å². The van der Waals surface area contributed by atoms with E-state index < -0.39 is 0 Å². The van der Waals surface area contributed by atoms with Gasteiger partial charge in [-0.05, 0) is 94.7 Å². The minimum atomic E-state index is 0.707. The minimum absolute atomic E-state index is 0.707. The van der Waals surface area contributed by atoms with E-state index in [9.17, 15) is 0 Å². The summed E-state index contributed by atoms with van der Waals surface area (Å²) in [4.78, 5) is 5.31. The molecule has 2 saturated heterocycles. The maximum atomic E-state index is 4.39. The molecule has 0 unspecified atom stereocenters. The lowest BCUT2D eigenvalue weighted by molar-refractivity contribution is -0.0456. The zero-order chi connectivity index (χ0) is 17.7. The van der Waals surface area contributed by atoms with E-state index in [4.69, 9.17) is 0 Å². The molecular weight excluding hydrogens is 320 g/mol. The first-order valence-electron chi connectivity index (χ1n) is 10.5. The van der Waals surface area contributed by atoms with Crippen LogP contribution in [0.2, 0.25) is 0 Å². The van der Waals surface area contributed by atoms with Crippen molar-refractivity contribution < 1.29 is 0 Å². The van der Waals surface area contributed by atoms with E-state index in [1.165, 1.54) is 81.2 Å². The van der Waals surface area contributed by atoms with Gasteiger partial charge in [0.1, 0.15) is 0 Å². The molecule has 5 rings (SSSR count). The van der Waals surface area contributed by atoms with Crippen LogP contribution in [0.15, 0.2) is 24.4 Å². The summed E-state index contributed by atoms with van der Waals surface area (Å²) in [6, 6.07) is 7.83. The van der Waals surface area contributed by atoms with Crippen molar-refractivity contribution in [2.45, 2.75) is 50.5 Å². The van der Waals surface area contributed by atoms with E-state index in [2.05, 4.69) is 40.1 Å². The van der Waals surface area contributed by atoms with Gasteiger partial charge in [0.05, 0.1) is 11.7 Å². The van der Waals surface area contributed by atoms with Gasteiger partial charge in [0.2, 0.25) is 0 Å². The molecule has 1 saturated carbocycles. The number of rotatable bonds is 2. The van der Waals surface area contributed by atoms with Gasteiger partial charge in [-0.15, -0.1) is 0 Å². The molecule has 140 valence electrons. The van der Waals surface area contributed by atoms with Crippen LogP contribution in [0.3, 0.4) is 0 Å². The van der Waals surface area contributed by atoms with E-state index in [1.54, 1.807) is 0 Å². The number of benzene rings is 1. The van der Waals surface area contributed by atoms with Crippen molar-refractivity contribution in [2.24, 2.45) is 12.5 Å². The van der Waals surface area contributed by atoms with Crippen LogP contribution in [0.25, 0.3) is 10.9 Å². The molecule has 26 heavy (non-hydrogen) atoms. The summed E-state index contributed by atoms with van der Waals surface area (Å²) in [7, 11) is 4.32. The van der Waals surface area contributed by atoms with Crippen LogP contribution in [-0.2, 0) is 7.05 Å². The Hall–Kier alpha value is -1.39. The van der Waals surface area contributed by atoms with Crippen molar-refractivity contribution in [3.8, 4) is 0 Å². The van der Waals surface area contributed by atoms with Crippen molar-refractivity contribution in [2.75, 3.05) is 33.2 Å².